The van der Waals surface area contributed by atoms with E-state index in [-0.39, 0.29) is 11.8 Å². The minimum absolute atomic E-state index is 0.0162. The molecule has 0 atom stereocenters. The van der Waals surface area contributed by atoms with Gasteiger partial charge in [-0.25, -0.2) is 0 Å². The van der Waals surface area contributed by atoms with Gasteiger partial charge in [-0.05, 0) is 29.8 Å². The predicted octanol–water partition coefficient (Wildman–Crippen LogP) is 3.07. The van der Waals surface area contributed by atoms with Gasteiger partial charge in [0, 0.05) is 50.4 Å². The fraction of sp³-hybridized carbons (Fsp3) is 0.250. The van der Waals surface area contributed by atoms with Crippen molar-refractivity contribution < 1.29 is 9.59 Å². The number of carbonyl (C=O) groups excluding carboxylic acids is 2. The Kier molecular flexibility index (Phi) is 7.36. The molecule has 1 N–H and O–H groups in total. The van der Waals surface area contributed by atoms with Gasteiger partial charge in [-0.15, -0.1) is 6.58 Å². The standard InChI is InChI=1S/C24H27N3O2/c1-2-14-25-23(28)21-10-12-22(13-11-21)24(29)27-18-16-26(17-19-27)15-6-9-20-7-4-3-5-8-20/h2-13H,1,14-19H2,(H,25,28)/b9-6+. The molecule has 29 heavy (non-hydrogen) atoms. The normalized spacial score (nSPS) is 14.7. The first-order valence-corrected chi connectivity index (χ1v) is 9.90. The van der Waals surface area contributed by atoms with Crippen molar-refractivity contribution in [3.05, 3.63) is 90.0 Å². The third-order valence-corrected chi connectivity index (χ3v) is 4.93. The number of nitrogens with one attached hydrogen (secondary N) is 1. The number of amides is 2. The Balaban J connectivity index is 1.47. The van der Waals surface area contributed by atoms with Gasteiger partial charge in [0.15, 0.2) is 0 Å². The molecule has 1 saturated heterocycles. The summed E-state index contributed by atoms with van der Waals surface area (Å²) >= 11 is 0. The van der Waals surface area contributed by atoms with Gasteiger partial charge in [0.1, 0.15) is 0 Å². The maximum absolute atomic E-state index is 12.7. The van der Waals surface area contributed by atoms with Crippen LogP contribution in [0, 0.1) is 0 Å². The Hall–Kier alpha value is -3.18. The molecule has 5 heteroatoms. The highest BCUT2D eigenvalue weighted by molar-refractivity contribution is 5.97. The molecule has 0 aromatic heterocycles. The van der Waals surface area contributed by atoms with E-state index in [1.54, 1.807) is 30.3 Å². The zero-order valence-corrected chi connectivity index (χ0v) is 16.6. The second kappa shape index (κ2) is 10.4. The molecule has 1 aliphatic heterocycles. The summed E-state index contributed by atoms with van der Waals surface area (Å²) in [7, 11) is 0. The van der Waals surface area contributed by atoms with E-state index in [0.29, 0.717) is 30.8 Å². The molecule has 0 saturated carbocycles. The highest BCUT2D eigenvalue weighted by Crippen LogP contribution is 2.11. The Labute approximate surface area is 172 Å². The summed E-state index contributed by atoms with van der Waals surface area (Å²) < 4.78 is 0. The van der Waals surface area contributed by atoms with Crippen LogP contribution in [0.4, 0.5) is 0 Å². The SMILES string of the molecule is C=CCNC(=O)c1ccc(C(=O)N2CCN(C/C=C/c3ccccc3)CC2)cc1. The second-order valence-corrected chi connectivity index (χ2v) is 6.98. The van der Waals surface area contributed by atoms with E-state index in [1.165, 1.54) is 5.56 Å². The van der Waals surface area contributed by atoms with Crippen molar-refractivity contribution in [2.45, 2.75) is 0 Å². The van der Waals surface area contributed by atoms with Crippen molar-refractivity contribution in [1.29, 1.82) is 0 Å². The molecule has 0 radical (unpaired) electrons. The summed E-state index contributed by atoms with van der Waals surface area (Å²) in [4.78, 5) is 28.9. The van der Waals surface area contributed by atoms with Gasteiger partial charge in [0.05, 0.1) is 0 Å². The minimum Gasteiger partial charge on any atom is -0.349 e. The zero-order valence-electron chi connectivity index (χ0n) is 16.6. The molecule has 1 heterocycles. The number of hydrogen-bond acceptors (Lipinski definition) is 3. The lowest BCUT2D eigenvalue weighted by Crippen LogP contribution is -2.48. The van der Waals surface area contributed by atoms with Crippen molar-refractivity contribution in [3.8, 4) is 0 Å². The maximum atomic E-state index is 12.7. The van der Waals surface area contributed by atoms with Crippen LogP contribution in [0.1, 0.15) is 26.3 Å². The van der Waals surface area contributed by atoms with E-state index in [4.69, 9.17) is 0 Å². The smallest absolute Gasteiger partial charge is 0.253 e. The monoisotopic (exact) mass is 389 g/mol. The molecule has 2 aromatic carbocycles. The van der Waals surface area contributed by atoms with Crippen LogP contribution in [0.2, 0.25) is 0 Å². The Morgan fingerprint density at radius 3 is 2.24 bits per heavy atom. The van der Waals surface area contributed by atoms with Crippen molar-refractivity contribution in [1.82, 2.24) is 15.1 Å². The van der Waals surface area contributed by atoms with Gasteiger partial charge in [-0.2, -0.15) is 0 Å². The van der Waals surface area contributed by atoms with Crippen LogP contribution in [0.5, 0.6) is 0 Å². The predicted molar refractivity (Wildman–Crippen MR) is 117 cm³/mol. The zero-order chi connectivity index (χ0) is 20.5. The van der Waals surface area contributed by atoms with E-state index in [2.05, 4.69) is 41.1 Å². The molecule has 3 rings (SSSR count). The van der Waals surface area contributed by atoms with Crippen LogP contribution in [0.3, 0.4) is 0 Å². The summed E-state index contributed by atoms with van der Waals surface area (Å²) in [6.45, 7) is 8.00. The van der Waals surface area contributed by atoms with Gasteiger partial charge in [-0.1, -0.05) is 48.6 Å². The quantitative estimate of drug-likeness (QED) is 0.741. The summed E-state index contributed by atoms with van der Waals surface area (Å²) in [6, 6.07) is 17.1. The van der Waals surface area contributed by atoms with E-state index in [1.807, 2.05) is 23.1 Å². The number of benzene rings is 2. The van der Waals surface area contributed by atoms with E-state index >= 15 is 0 Å². The minimum atomic E-state index is -0.166. The molecular weight excluding hydrogens is 362 g/mol. The fourth-order valence-corrected chi connectivity index (χ4v) is 3.25. The number of rotatable bonds is 7. The Bertz CT molecular complexity index is 851. The van der Waals surface area contributed by atoms with E-state index < -0.39 is 0 Å². The average molecular weight is 389 g/mol. The van der Waals surface area contributed by atoms with Crippen molar-refractivity contribution in [2.75, 3.05) is 39.3 Å². The highest BCUT2D eigenvalue weighted by atomic mass is 16.2. The maximum Gasteiger partial charge on any atom is 0.253 e. The summed E-state index contributed by atoms with van der Waals surface area (Å²) in [6.07, 6.45) is 5.93. The van der Waals surface area contributed by atoms with Crippen molar-refractivity contribution in [3.63, 3.8) is 0 Å². The van der Waals surface area contributed by atoms with Crippen molar-refractivity contribution >= 4 is 17.9 Å². The lowest BCUT2D eigenvalue weighted by molar-refractivity contribution is 0.0650. The van der Waals surface area contributed by atoms with Gasteiger partial charge >= 0.3 is 0 Å². The second-order valence-electron chi connectivity index (χ2n) is 6.98. The Morgan fingerprint density at radius 2 is 1.59 bits per heavy atom. The van der Waals surface area contributed by atoms with Gasteiger partial charge in [0.25, 0.3) is 11.8 Å². The van der Waals surface area contributed by atoms with Crippen LogP contribution in [-0.2, 0) is 0 Å². The highest BCUT2D eigenvalue weighted by Gasteiger charge is 2.21. The van der Waals surface area contributed by atoms with E-state index in [0.717, 1.165) is 19.6 Å². The molecule has 0 unspecified atom stereocenters. The molecule has 2 aromatic rings. The van der Waals surface area contributed by atoms with Crippen LogP contribution < -0.4 is 5.32 Å². The van der Waals surface area contributed by atoms with Crippen LogP contribution in [0.25, 0.3) is 6.08 Å². The van der Waals surface area contributed by atoms with Crippen LogP contribution in [0.15, 0.2) is 73.3 Å². The number of nitrogens with zero attached hydrogens (tertiary/aromatic N) is 2. The first-order valence-electron chi connectivity index (χ1n) is 9.90. The number of hydrogen-bond donors (Lipinski definition) is 1. The molecule has 0 spiro atoms. The fourth-order valence-electron chi connectivity index (χ4n) is 3.25. The molecule has 2 amide bonds. The molecule has 5 nitrogen and oxygen atoms in total. The summed E-state index contributed by atoms with van der Waals surface area (Å²) in [5, 5.41) is 2.73. The van der Waals surface area contributed by atoms with Crippen molar-refractivity contribution in [2.24, 2.45) is 0 Å². The summed E-state index contributed by atoms with van der Waals surface area (Å²) in [5.41, 5.74) is 2.35. The van der Waals surface area contributed by atoms with Gasteiger partial charge in [-0.3, -0.25) is 14.5 Å². The third-order valence-electron chi connectivity index (χ3n) is 4.93. The Morgan fingerprint density at radius 1 is 0.931 bits per heavy atom. The summed E-state index contributed by atoms with van der Waals surface area (Å²) in [5.74, 6) is -0.149. The van der Waals surface area contributed by atoms with Gasteiger partial charge < -0.3 is 10.2 Å². The first kappa shape index (κ1) is 20.6. The topological polar surface area (TPSA) is 52.7 Å². The molecule has 0 bridgehead atoms. The lowest BCUT2D eigenvalue weighted by Gasteiger charge is -2.34. The van der Waals surface area contributed by atoms with E-state index in [9.17, 15) is 9.59 Å². The molecule has 1 aliphatic rings. The third kappa shape index (κ3) is 5.90. The lowest BCUT2D eigenvalue weighted by atomic mass is 10.1. The number of carbonyl (C=O) groups is 2. The largest absolute Gasteiger partial charge is 0.349 e. The molecular formula is C24H27N3O2. The molecule has 0 aliphatic carbocycles. The number of piperazine rings is 1. The first-order chi connectivity index (χ1) is 14.2. The van der Waals surface area contributed by atoms with Gasteiger partial charge in [0.2, 0.25) is 0 Å². The molecule has 1 fully saturated rings. The molecule has 150 valence electrons. The van der Waals surface area contributed by atoms with Crippen LogP contribution >= 0.6 is 0 Å². The average Bonchev–Trinajstić information content (AvgIpc) is 2.78. The van der Waals surface area contributed by atoms with Crippen LogP contribution in [-0.4, -0.2) is 60.9 Å².